The molecule has 0 aliphatic carbocycles. The molecule has 0 atom stereocenters. The van der Waals surface area contributed by atoms with Crippen LogP contribution in [-0.4, -0.2) is 28.6 Å². The molecule has 0 amide bonds. The van der Waals surface area contributed by atoms with Gasteiger partial charge in [0.15, 0.2) is 0 Å². The van der Waals surface area contributed by atoms with Gasteiger partial charge in [0, 0.05) is 19.8 Å². The lowest BCUT2D eigenvalue weighted by atomic mass is 10.2. The summed E-state index contributed by atoms with van der Waals surface area (Å²) in [6, 6.07) is 0. The van der Waals surface area contributed by atoms with Crippen molar-refractivity contribution in [1.29, 1.82) is 0 Å². The van der Waals surface area contributed by atoms with Crippen LogP contribution in [0.25, 0.3) is 0 Å². The highest BCUT2D eigenvalue weighted by Gasteiger charge is 2.37. The third kappa shape index (κ3) is 6.43. The van der Waals surface area contributed by atoms with Gasteiger partial charge in [-0.05, 0) is 32.9 Å². The van der Waals surface area contributed by atoms with Crippen molar-refractivity contribution < 1.29 is 13.3 Å². The van der Waals surface area contributed by atoms with Gasteiger partial charge in [-0.2, -0.15) is 0 Å². The van der Waals surface area contributed by atoms with Gasteiger partial charge in [0.05, 0.1) is 0 Å². The molecular formula is C12H26O3Si. The molecule has 0 radical (unpaired) electrons. The minimum atomic E-state index is -2.53. The van der Waals surface area contributed by atoms with E-state index in [1.807, 2.05) is 26.5 Å². The van der Waals surface area contributed by atoms with Crippen molar-refractivity contribution in [1.82, 2.24) is 0 Å². The van der Waals surface area contributed by atoms with Gasteiger partial charge in [-0.25, -0.2) is 0 Å². The summed E-state index contributed by atoms with van der Waals surface area (Å²) in [5.74, 6) is 0. The molecule has 0 N–H and O–H groups in total. The summed E-state index contributed by atoms with van der Waals surface area (Å²) in [5.41, 5.74) is 2.03. The monoisotopic (exact) mass is 246 g/mol. The lowest BCUT2D eigenvalue weighted by Gasteiger charge is -2.25. The maximum Gasteiger partial charge on any atom is 0.529 e. The molecule has 96 valence electrons. The lowest BCUT2D eigenvalue weighted by molar-refractivity contribution is 0.0842. The Labute approximate surface area is 101 Å². The van der Waals surface area contributed by atoms with Crippen LogP contribution in [0.15, 0.2) is 11.8 Å². The number of rotatable bonds is 10. The molecule has 0 fully saturated rings. The van der Waals surface area contributed by atoms with Crippen LogP contribution in [-0.2, 0) is 13.3 Å². The molecule has 0 aliphatic rings. The van der Waals surface area contributed by atoms with Crippen molar-refractivity contribution in [2.45, 2.75) is 47.0 Å². The van der Waals surface area contributed by atoms with Crippen molar-refractivity contribution >= 4 is 8.80 Å². The zero-order chi connectivity index (χ0) is 12.3. The molecule has 0 spiro atoms. The van der Waals surface area contributed by atoms with Crippen molar-refractivity contribution in [2.24, 2.45) is 0 Å². The molecule has 0 aliphatic heterocycles. The molecule has 4 heteroatoms. The van der Waals surface area contributed by atoms with Crippen LogP contribution in [0.3, 0.4) is 0 Å². The Balaban J connectivity index is 4.39. The van der Waals surface area contributed by atoms with Crippen LogP contribution >= 0.6 is 0 Å². The second-order valence-corrected chi connectivity index (χ2v) is 5.85. The number of hydrogen-bond donors (Lipinski definition) is 0. The number of unbranched alkanes of at least 4 members (excludes halogenated alkanes) is 2. The minimum Gasteiger partial charge on any atom is -0.371 e. The molecule has 0 bridgehead atoms. The van der Waals surface area contributed by atoms with E-state index in [1.54, 1.807) is 0 Å². The SMILES string of the molecule is CCCC/C=C\[Si](OCC)(OCC)OCC. The summed E-state index contributed by atoms with van der Waals surface area (Å²) < 4.78 is 17.1. The topological polar surface area (TPSA) is 27.7 Å². The standard InChI is InChI=1S/C12H26O3Si/c1-5-9-10-11-12-16(13-6-2,14-7-3)15-8-4/h11-12H,5-10H2,1-4H3/b12-11-. The lowest BCUT2D eigenvalue weighted by Crippen LogP contribution is -2.44. The van der Waals surface area contributed by atoms with Gasteiger partial charge in [0.2, 0.25) is 0 Å². The van der Waals surface area contributed by atoms with Crippen molar-refractivity contribution in [3.05, 3.63) is 11.8 Å². The third-order valence-corrected chi connectivity index (χ3v) is 4.80. The predicted molar refractivity (Wildman–Crippen MR) is 69.3 cm³/mol. The Morgan fingerprint density at radius 1 is 0.875 bits per heavy atom. The first-order valence-corrected chi connectivity index (χ1v) is 8.14. The van der Waals surface area contributed by atoms with Crippen LogP contribution in [0.4, 0.5) is 0 Å². The highest BCUT2D eigenvalue weighted by atomic mass is 28.4. The van der Waals surface area contributed by atoms with Crippen molar-refractivity contribution in [3.8, 4) is 0 Å². The highest BCUT2D eigenvalue weighted by molar-refractivity contribution is 6.66. The van der Waals surface area contributed by atoms with Gasteiger partial charge < -0.3 is 13.3 Å². The molecular weight excluding hydrogens is 220 g/mol. The zero-order valence-electron chi connectivity index (χ0n) is 11.1. The molecule has 0 heterocycles. The Morgan fingerprint density at radius 2 is 1.38 bits per heavy atom. The van der Waals surface area contributed by atoms with Crippen molar-refractivity contribution in [3.63, 3.8) is 0 Å². The van der Waals surface area contributed by atoms with Crippen LogP contribution < -0.4 is 0 Å². The normalized spacial score (nSPS) is 12.5. The van der Waals surface area contributed by atoms with Gasteiger partial charge >= 0.3 is 8.80 Å². The predicted octanol–water partition coefficient (Wildman–Crippen LogP) is 3.32. The second-order valence-electron chi connectivity index (χ2n) is 3.45. The maximum atomic E-state index is 5.70. The van der Waals surface area contributed by atoms with Gasteiger partial charge in [0.1, 0.15) is 0 Å². The number of allylic oxidation sites excluding steroid dienone is 1. The van der Waals surface area contributed by atoms with Gasteiger partial charge in [0.25, 0.3) is 0 Å². The summed E-state index contributed by atoms with van der Waals surface area (Å²) in [6.07, 6.45) is 5.61. The summed E-state index contributed by atoms with van der Waals surface area (Å²) in [5, 5.41) is 0. The Morgan fingerprint density at radius 3 is 1.75 bits per heavy atom. The summed E-state index contributed by atoms with van der Waals surface area (Å²) in [4.78, 5) is 0. The van der Waals surface area contributed by atoms with E-state index < -0.39 is 8.80 Å². The fourth-order valence-corrected chi connectivity index (χ4v) is 3.62. The molecule has 0 unspecified atom stereocenters. The summed E-state index contributed by atoms with van der Waals surface area (Å²) in [7, 11) is -2.53. The van der Waals surface area contributed by atoms with Gasteiger partial charge in [-0.15, -0.1) is 0 Å². The van der Waals surface area contributed by atoms with E-state index in [-0.39, 0.29) is 0 Å². The average Bonchev–Trinajstić information content (AvgIpc) is 2.26. The molecule has 0 aromatic carbocycles. The number of hydrogen-bond acceptors (Lipinski definition) is 3. The first-order chi connectivity index (χ1) is 7.74. The first-order valence-electron chi connectivity index (χ1n) is 6.34. The molecule has 0 saturated carbocycles. The quantitative estimate of drug-likeness (QED) is 0.437. The smallest absolute Gasteiger partial charge is 0.371 e. The van der Waals surface area contributed by atoms with Crippen LogP contribution in [0.2, 0.25) is 0 Å². The third-order valence-electron chi connectivity index (χ3n) is 2.08. The fourth-order valence-electron chi connectivity index (χ4n) is 1.42. The van der Waals surface area contributed by atoms with Crippen LogP contribution in [0.1, 0.15) is 47.0 Å². The molecule has 16 heavy (non-hydrogen) atoms. The van der Waals surface area contributed by atoms with E-state index in [9.17, 15) is 0 Å². The molecule has 0 aromatic rings. The van der Waals surface area contributed by atoms with E-state index in [0.717, 1.165) is 6.42 Å². The fraction of sp³-hybridized carbons (Fsp3) is 0.833. The molecule has 3 nitrogen and oxygen atoms in total. The average molecular weight is 246 g/mol. The summed E-state index contributed by atoms with van der Waals surface area (Å²) in [6.45, 7) is 9.99. The molecule has 0 rings (SSSR count). The largest absolute Gasteiger partial charge is 0.529 e. The van der Waals surface area contributed by atoms with Crippen LogP contribution in [0.5, 0.6) is 0 Å². The van der Waals surface area contributed by atoms with Gasteiger partial charge in [-0.1, -0.05) is 25.8 Å². The van der Waals surface area contributed by atoms with Crippen LogP contribution in [0, 0.1) is 0 Å². The minimum absolute atomic E-state index is 0.629. The van der Waals surface area contributed by atoms with E-state index in [1.165, 1.54) is 12.8 Å². The second kappa shape index (κ2) is 10.0. The van der Waals surface area contributed by atoms with Gasteiger partial charge in [-0.3, -0.25) is 0 Å². The Kier molecular flexibility index (Phi) is 9.92. The van der Waals surface area contributed by atoms with E-state index in [4.69, 9.17) is 13.3 Å². The Hall–Kier alpha value is -0.163. The maximum absolute atomic E-state index is 5.70. The van der Waals surface area contributed by atoms with E-state index in [0.29, 0.717) is 19.8 Å². The van der Waals surface area contributed by atoms with E-state index >= 15 is 0 Å². The Bertz CT molecular complexity index is 166. The van der Waals surface area contributed by atoms with E-state index in [2.05, 4.69) is 13.0 Å². The van der Waals surface area contributed by atoms with Crippen molar-refractivity contribution in [2.75, 3.05) is 19.8 Å². The summed E-state index contributed by atoms with van der Waals surface area (Å²) >= 11 is 0. The zero-order valence-corrected chi connectivity index (χ0v) is 12.1. The molecule has 0 saturated heterocycles. The first kappa shape index (κ1) is 15.8. The highest BCUT2D eigenvalue weighted by Crippen LogP contribution is 2.12. The molecule has 0 aromatic heterocycles.